The number of aromatic nitrogens is 1. The molecule has 1 aliphatic rings. The smallest absolute Gasteiger partial charge is 0.240 e. The van der Waals surface area contributed by atoms with Crippen LogP contribution in [-0.2, 0) is 11.3 Å². The highest BCUT2D eigenvalue weighted by atomic mass is 19.1. The number of carbonyl (C=O) groups excluding carboxylic acids is 1. The van der Waals surface area contributed by atoms with Crippen molar-refractivity contribution in [1.82, 2.24) is 9.88 Å². The number of halogens is 1. The summed E-state index contributed by atoms with van der Waals surface area (Å²) in [4.78, 5) is 12.2. The van der Waals surface area contributed by atoms with E-state index in [0.717, 1.165) is 18.4 Å². The van der Waals surface area contributed by atoms with Gasteiger partial charge in [0.2, 0.25) is 5.91 Å². The molecule has 1 aromatic heterocycles. The Labute approximate surface area is 124 Å². The van der Waals surface area contributed by atoms with Gasteiger partial charge in [0.15, 0.2) is 0 Å². The van der Waals surface area contributed by atoms with Crippen LogP contribution in [0.15, 0.2) is 30.5 Å². The van der Waals surface area contributed by atoms with Crippen LogP contribution < -0.4 is 5.32 Å². The van der Waals surface area contributed by atoms with E-state index in [4.69, 9.17) is 0 Å². The maximum absolute atomic E-state index is 13.6. The molecule has 1 fully saturated rings. The molecule has 0 bridgehead atoms. The average molecular weight is 288 g/mol. The van der Waals surface area contributed by atoms with Gasteiger partial charge in [-0.2, -0.15) is 0 Å². The minimum atomic E-state index is -0.240. The molecule has 2 aromatic rings. The summed E-state index contributed by atoms with van der Waals surface area (Å²) in [6, 6.07) is 7.00. The molecule has 1 heterocycles. The molecule has 0 aliphatic heterocycles. The van der Waals surface area contributed by atoms with Crippen molar-refractivity contribution < 1.29 is 9.18 Å². The van der Waals surface area contributed by atoms with Crippen LogP contribution in [0.25, 0.3) is 10.9 Å². The van der Waals surface area contributed by atoms with E-state index in [1.165, 1.54) is 31.7 Å². The van der Waals surface area contributed by atoms with Gasteiger partial charge in [0.1, 0.15) is 12.4 Å². The molecule has 1 N–H and O–H groups in total. The zero-order valence-electron chi connectivity index (χ0n) is 12.1. The van der Waals surface area contributed by atoms with Crippen LogP contribution in [-0.4, -0.2) is 16.5 Å². The van der Waals surface area contributed by atoms with E-state index in [0.29, 0.717) is 11.4 Å². The molecule has 0 atom stereocenters. The Morgan fingerprint density at radius 2 is 1.95 bits per heavy atom. The second-order valence-electron chi connectivity index (χ2n) is 5.87. The molecule has 0 unspecified atom stereocenters. The maximum atomic E-state index is 13.6. The Morgan fingerprint density at radius 1 is 1.19 bits per heavy atom. The van der Waals surface area contributed by atoms with Crippen molar-refractivity contribution in [3.8, 4) is 0 Å². The summed E-state index contributed by atoms with van der Waals surface area (Å²) in [7, 11) is 0. The monoisotopic (exact) mass is 288 g/mol. The quantitative estimate of drug-likeness (QED) is 0.860. The van der Waals surface area contributed by atoms with Gasteiger partial charge in [-0.15, -0.1) is 0 Å². The Morgan fingerprint density at radius 3 is 2.71 bits per heavy atom. The van der Waals surface area contributed by atoms with Crippen LogP contribution in [0.5, 0.6) is 0 Å². The standard InChI is InChI=1S/C17H21FN2O/c18-15-8-5-9-16-14(15)10-11-20(16)12-17(21)19-13-6-3-1-2-4-7-13/h5,8-11,13H,1-4,6-7,12H2,(H,19,21). The van der Waals surface area contributed by atoms with Crippen LogP contribution in [0.3, 0.4) is 0 Å². The molecule has 1 aromatic carbocycles. The Kier molecular flexibility index (Phi) is 4.23. The van der Waals surface area contributed by atoms with Crippen molar-refractivity contribution >= 4 is 16.8 Å². The van der Waals surface area contributed by atoms with E-state index in [-0.39, 0.29) is 18.3 Å². The van der Waals surface area contributed by atoms with Crippen molar-refractivity contribution in [2.24, 2.45) is 0 Å². The topological polar surface area (TPSA) is 34.0 Å². The predicted octanol–water partition coefficient (Wildman–Crippen LogP) is 3.62. The summed E-state index contributed by atoms with van der Waals surface area (Å²) in [6.07, 6.45) is 8.87. The molecule has 1 amide bonds. The number of rotatable bonds is 3. The third kappa shape index (κ3) is 3.26. The highest BCUT2D eigenvalue weighted by Gasteiger charge is 2.15. The lowest BCUT2D eigenvalue weighted by atomic mass is 10.1. The van der Waals surface area contributed by atoms with Gasteiger partial charge in [0.25, 0.3) is 0 Å². The number of carbonyl (C=O) groups is 1. The number of benzene rings is 1. The Hall–Kier alpha value is -1.84. The first-order chi connectivity index (χ1) is 10.2. The fourth-order valence-electron chi connectivity index (χ4n) is 3.18. The lowest BCUT2D eigenvalue weighted by Gasteiger charge is -2.16. The minimum Gasteiger partial charge on any atom is -0.352 e. The van der Waals surface area contributed by atoms with Crippen LogP contribution in [0.1, 0.15) is 38.5 Å². The third-order valence-corrected chi connectivity index (χ3v) is 4.29. The summed E-state index contributed by atoms with van der Waals surface area (Å²) in [5, 5.41) is 3.69. The third-order valence-electron chi connectivity index (χ3n) is 4.29. The molecule has 4 heteroatoms. The lowest BCUT2D eigenvalue weighted by Crippen LogP contribution is -2.36. The zero-order valence-corrected chi connectivity index (χ0v) is 12.1. The minimum absolute atomic E-state index is 0.0173. The van der Waals surface area contributed by atoms with Gasteiger partial charge in [0.05, 0.1) is 5.52 Å². The van der Waals surface area contributed by atoms with Crippen LogP contribution >= 0.6 is 0 Å². The van der Waals surface area contributed by atoms with E-state index >= 15 is 0 Å². The first-order valence-corrected chi connectivity index (χ1v) is 7.77. The maximum Gasteiger partial charge on any atom is 0.240 e. The van der Waals surface area contributed by atoms with Crippen LogP contribution in [0, 0.1) is 5.82 Å². The van der Waals surface area contributed by atoms with Crippen LogP contribution in [0.2, 0.25) is 0 Å². The van der Waals surface area contributed by atoms with Crippen molar-refractivity contribution in [1.29, 1.82) is 0 Å². The summed E-state index contributed by atoms with van der Waals surface area (Å²) in [6.45, 7) is 0.253. The molecule has 3 rings (SSSR count). The summed E-state index contributed by atoms with van der Waals surface area (Å²) in [5.41, 5.74) is 0.769. The van der Waals surface area contributed by atoms with Gasteiger partial charge in [-0.05, 0) is 31.0 Å². The average Bonchev–Trinajstić information content (AvgIpc) is 2.70. The summed E-state index contributed by atoms with van der Waals surface area (Å²) in [5.74, 6) is -0.223. The fourth-order valence-corrected chi connectivity index (χ4v) is 3.18. The Balaban J connectivity index is 1.67. The fraction of sp³-hybridized carbons (Fsp3) is 0.471. The van der Waals surface area contributed by atoms with Gasteiger partial charge in [0, 0.05) is 17.6 Å². The van der Waals surface area contributed by atoms with Crippen molar-refractivity contribution in [3.05, 3.63) is 36.3 Å². The number of hydrogen-bond donors (Lipinski definition) is 1. The summed E-state index contributed by atoms with van der Waals surface area (Å²) >= 11 is 0. The first kappa shape index (κ1) is 14.1. The van der Waals surface area contributed by atoms with E-state index < -0.39 is 0 Å². The molecule has 21 heavy (non-hydrogen) atoms. The van der Waals surface area contributed by atoms with E-state index in [1.54, 1.807) is 18.3 Å². The van der Waals surface area contributed by atoms with Crippen molar-refractivity contribution in [3.63, 3.8) is 0 Å². The number of nitrogens with one attached hydrogen (secondary N) is 1. The van der Waals surface area contributed by atoms with Gasteiger partial charge < -0.3 is 9.88 Å². The molecule has 0 saturated heterocycles. The molecule has 0 radical (unpaired) electrons. The highest BCUT2D eigenvalue weighted by Crippen LogP contribution is 2.19. The molecular weight excluding hydrogens is 267 g/mol. The SMILES string of the molecule is O=C(Cn1ccc2c(F)cccc21)NC1CCCCCC1. The van der Waals surface area contributed by atoms with Gasteiger partial charge in [-0.3, -0.25) is 4.79 Å². The van der Waals surface area contributed by atoms with Crippen molar-refractivity contribution in [2.75, 3.05) is 0 Å². The number of fused-ring (bicyclic) bond motifs is 1. The largest absolute Gasteiger partial charge is 0.352 e. The Bertz CT molecular complexity index is 627. The van der Waals surface area contributed by atoms with Gasteiger partial charge in [-0.1, -0.05) is 31.7 Å². The van der Waals surface area contributed by atoms with Gasteiger partial charge >= 0.3 is 0 Å². The zero-order chi connectivity index (χ0) is 14.7. The number of hydrogen-bond acceptors (Lipinski definition) is 1. The molecule has 1 aliphatic carbocycles. The lowest BCUT2D eigenvalue weighted by molar-refractivity contribution is -0.122. The highest BCUT2D eigenvalue weighted by molar-refractivity contribution is 5.83. The number of amides is 1. The van der Waals surface area contributed by atoms with Crippen molar-refractivity contribution in [2.45, 2.75) is 51.1 Å². The molecular formula is C17H21FN2O. The predicted molar refractivity (Wildman–Crippen MR) is 81.5 cm³/mol. The van der Waals surface area contributed by atoms with E-state index in [1.807, 2.05) is 10.6 Å². The van der Waals surface area contributed by atoms with Gasteiger partial charge in [-0.25, -0.2) is 4.39 Å². The van der Waals surface area contributed by atoms with E-state index in [9.17, 15) is 9.18 Å². The second-order valence-corrected chi connectivity index (χ2v) is 5.87. The molecule has 1 saturated carbocycles. The summed E-state index contributed by atoms with van der Waals surface area (Å²) < 4.78 is 15.5. The second kappa shape index (κ2) is 6.29. The molecule has 112 valence electrons. The van der Waals surface area contributed by atoms with Crippen LogP contribution in [0.4, 0.5) is 4.39 Å². The molecule has 3 nitrogen and oxygen atoms in total. The molecule has 0 spiro atoms. The number of nitrogens with zero attached hydrogens (tertiary/aromatic N) is 1. The van der Waals surface area contributed by atoms with E-state index in [2.05, 4.69) is 5.32 Å². The normalized spacial score (nSPS) is 16.8. The first-order valence-electron chi connectivity index (χ1n) is 7.77.